The van der Waals surface area contributed by atoms with E-state index >= 15 is 4.39 Å². The van der Waals surface area contributed by atoms with Crippen LogP contribution in [0.3, 0.4) is 0 Å². The number of rotatable bonds is 4. The van der Waals surface area contributed by atoms with Crippen molar-refractivity contribution in [3.05, 3.63) is 57.6 Å². The predicted molar refractivity (Wildman–Crippen MR) is 118 cm³/mol. The van der Waals surface area contributed by atoms with Gasteiger partial charge in [-0.25, -0.2) is 12.8 Å². The van der Waals surface area contributed by atoms with Crippen LogP contribution in [0.25, 0.3) is 0 Å². The van der Waals surface area contributed by atoms with Gasteiger partial charge in [-0.3, -0.25) is 9.59 Å². The Balaban J connectivity index is 1.89. The molecule has 0 bridgehead atoms. The van der Waals surface area contributed by atoms with Crippen LogP contribution in [-0.4, -0.2) is 42.6 Å². The molecule has 2 amide bonds. The minimum atomic E-state index is -4.11. The van der Waals surface area contributed by atoms with Gasteiger partial charge in [0.15, 0.2) is 15.5 Å². The van der Waals surface area contributed by atoms with Crippen LogP contribution in [0.1, 0.15) is 31.7 Å². The average molecular weight is 482 g/mol. The standard InChI is InChI=1S/C22H25ClFN3O4S/c1-21(7-2-8-21)22(24)10-18-17(9-15(22)19(26)28)27(11-13-3-5-14(23)6-4-13)20(29)16(25)12-32(18,30)31/h3-6,9-10,15-16H,2,7-8,11-12,25H2,1H3,(H2,26,28)/t15?,16-,22?/m0/s1. The van der Waals surface area contributed by atoms with Crippen LogP contribution in [0, 0.1) is 11.3 Å². The minimum absolute atomic E-state index is 0.0234. The van der Waals surface area contributed by atoms with E-state index in [4.69, 9.17) is 23.1 Å². The molecule has 1 aromatic carbocycles. The third-order valence-electron chi connectivity index (χ3n) is 6.92. The number of allylic oxidation sites excluding steroid dienone is 1. The number of alkyl halides is 1. The first-order valence-corrected chi connectivity index (χ1v) is 12.4. The quantitative estimate of drug-likeness (QED) is 0.682. The van der Waals surface area contributed by atoms with Gasteiger partial charge in [0.05, 0.1) is 34.9 Å². The van der Waals surface area contributed by atoms with Crippen molar-refractivity contribution in [2.45, 2.75) is 44.4 Å². The summed E-state index contributed by atoms with van der Waals surface area (Å²) in [4.78, 5) is 26.3. The Kier molecular flexibility index (Phi) is 5.50. The first-order valence-electron chi connectivity index (χ1n) is 10.4. The lowest BCUT2D eigenvalue weighted by atomic mass is 9.56. The third-order valence-corrected chi connectivity index (χ3v) is 8.97. The molecule has 1 aliphatic heterocycles. The van der Waals surface area contributed by atoms with E-state index in [2.05, 4.69) is 0 Å². The largest absolute Gasteiger partial charge is 0.369 e. The van der Waals surface area contributed by atoms with E-state index in [0.717, 1.165) is 12.5 Å². The lowest BCUT2D eigenvalue weighted by molar-refractivity contribution is -0.133. The molecule has 0 aromatic heterocycles. The van der Waals surface area contributed by atoms with Gasteiger partial charge in [-0.1, -0.05) is 37.1 Å². The highest BCUT2D eigenvalue weighted by molar-refractivity contribution is 7.95. The van der Waals surface area contributed by atoms with Crippen molar-refractivity contribution >= 4 is 33.3 Å². The van der Waals surface area contributed by atoms with Crippen LogP contribution >= 0.6 is 11.6 Å². The molecule has 0 spiro atoms. The summed E-state index contributed by atoms with van der Waals surface area (Å²) >= 11 is 5.93. The monoisotopic (exact) mass is 481 g/mol. The minimum Gasteiger partial charge on any atom is -0.369 e. The molecule has 2 unspecified atom stereocenters. The Labute approximate surface area is 191 Å². The highest BCUT2D eigenvalue weighted by Gasteiger charge is 2.59. The van der Waals surface area contributed by atoms with Gasteiger partial charge < -0.3 is 16.4 Å². The van der Waals surface area contributed by atoms with Gasteiger partial charge in [-0.05, 0) is 42.7 Å². The predicted octanol–water partition coefficient (Wildman–Crippen LogP) is 2.21. The number of carbonyl (C=O) groups excluding carboxylic acids is 2. The maximum absolute atomic E-state index is 16.5. The first-order chi connectivity index (χ1) is 14.9. The van der Waals surface area contributed by atoms with E-state index in [1.807, 2.05) is 0 Å². The molecule has 1 saturated heterocycles. The van der Waals surface area contributed by atoms with E-state index in [-0.39, 0.29) is 17.1 Å². The molecule has 3 atom stereocenters. The smallest absolute Gasteiger partial charge is 0.245 e. The molecular formula is C22H25ClFN3O4S. The summed E-state index contributed by atoms with van der Waals surface area (Å²) in [6, 6.07) is 5.32. The second-order valence-corrected chi connectivity index (χ2v) is 11.5. The number of nitrogens with zero attached hydrogens (tertiary/aromatic N) is 1. The Morgan fingerprint density at radius 2 is 1.91 bits per heavy atom. The van der Waals surface area contributed by atoms with Gasteiger partial charge >= 0.3 is 0 Å². The molecule has 10 heteroatoms. The van der Waals surface area contributed by atoms with Crippen molar-refractivity contribution in [1.29, 1.82) is 0 Å². The summed E-state index contributed by atoms with van der Waals surface area (Å²) in [5.41, 5.74) is 8.89. The normalized spacial score (nSPS) is 31.0. The fourth-order valence-corrected chi connectivity index (χ4v) is 6.54. The van der Waals surface area contributed by atoms with Crippen molar-refractivity contribution in [2.75, 3.05) is 5.75 Å². The molecule has 1 aromatic rings. The molecule has 172 valence electrons. The summed E-state index contributed by atoms with van der Waals surface area (Å²) in [7, 11) is -4.11. The molecule has 1 saturated carbocycles. The highest BCUT2D eigenvalue weighted by Crippen LogP contribution is 2.57. The molecule has 32 heavy (non-hydrogen) atoms. The van der Waals surface area contributed by atoms with E-state index in [0.29, 0.717) is 23.4 Å². The number of nitrogens with two attached hydrogens (primary N) is 2. The average Bonchev–Trinajstić information content (AvgIpc) is 2.76. The number of sulfone groups is 1. The molecule has 7 nitrogen and oxygen atoms in total. The van der Waals surface area contributed by atoms with Crippen molar-refractivity contribution < 1.29 is 22.4 Å². The maximum atomic E-state index is 16.5. The van der Waals surface area contributed by atoms with Crippen LogP contribution in [0.4, 0.5) is 4.39 Å². The van der Waals surface area contributed by atoms with Gasteiger partial charge in [-0.2, -0.15) is 0 Å². The van der Waals surface area contributed by atoms with Crippen LogP contribution in [0.5, 0.6) is 0 Å². The Bertz CT molecular complexity index is 1140. The summed E-state index contributed by atoms with van der Waals surface area (Å²) in [5.74, 6) is -3.63. The fraction of sp³-hybridized carbons (Fsp3) is 0.455. The van der Waals surface area contributed by atoms with Crippen molar-refractivity contribution in [2.24, 2.45) is 22.8 Å². The van der Waals surface area contributed by atoms with Crippen LogP contribution in [-0.2, 0) is 26.0 Å². The van der Waals surface area contributed by atoms with E-state index in [1.165, 1.54) is 11.0 Å². The molecule has 1 heterocycles. The number of halogens is 2. The molecule has 2 fully saturated rings. The number of hydrogen-bond donors (Lipinski definition) is 2. The molecule has 0 radical (unpaired) electrons. The van der Waals surface area contributed by atoms with Crippen LogP contribution < -0.4 is 11.5 Å². The zero-order chi connectivity index (χ0) is 23.5. The second kappa shape index (κ2) is 7.67. The zero-order valence-corrected chi connectivity index (χ0v) is 19.1. The number of hydrogen-bond acceptors (Lipinski definition) is 5. The van der Waals surface area contributed by atoms with E-state index < -0.39 is 50.4 Å². The van der Waals surface area contributed by atoms with Gasteiger partial charge in [-0.15, -0.1) is 0 Å². The zero-order valence-electron chi connectivity index (χ0n) is 17.6. The van der Waals surface area contributed by atoms with Crippen LogP contribution in [0.15, 0.2) is 47.0 Å². The number of fused-ring (bicyclic) bond motifs is 1. The van der Waals surface area contributed by atoms with Gasteiger partial charge in [0.1, 0.15) is 0 Å². The highest BCUT2D eigenvalue weighted by atomic mass is 35.5. The molecular weight excluding hydrogens is 457 g/mol. The lowest BCUT2D eigenvalue weighted by Crippen LogP contribution is -2.56. The molecule has 2 aliphatic carbocycles. The molecule has 4 rings (SSSR count). The maximum Gasteiger partial charge on any atom is 0.245 e. The van der Waals surface area contributed by atoms with Gasteiger partial charge in [0, 0.05) is 10.4 Å². The number of benzene rings is 1. The van der Waals surface area contributed by atoms with Gasteiger partial charge in [0.25, 0.3) is 0 Å². The third kappa shape index (κ3) is 3.56. The topological polar surface area (TPSA) is 124 Å². The van der Waals surface area contributed by atoms with Crippen LogP contribution in [0.2, 0.25) is 5.02 Å². The first kappa shape index (κ1) is 22.9. The number of carbonyl (C=O) groups is 2. The van der Waals surface area contributed by atoms with Crippen molar-refractivity contribution in [3.63, 3.8) is 0 Å². The summed E-state index contributed by atoms with van der Waals surface area (Å²) in [6.07, 6.45) is 3.96. The van der Waals surface area contributed by atoms with E-state index in [1.54, 1.807) is 31.2 Å². The van der Waals surface area contributed by atoms with Crippen molar-refractivity contribution in [1.82, 2.24) is 4.90 Å². The molecule has 4 N–H and O–H groups in total. The summed E-state index contributed by atoms with van der Waals surface area (Å²) in [5, 5.41) is 0.498. The van der Waals surface area contributed by atoms with Crippen molar-refractivity contribution in [3.8, 4) is 0 Å². The Morgan fingerprint density at radius 1 is 1.28 bits per heavy atom. The SMILES string of the molecule is CC1(C2(F)C=C3C(=CC2C(N)=O)N(Cc2ccc(Cl)cc2)C(=O)[C@@H](N)CS3(=O)=O)CCC1. The lowest BCUT2D eigenvalue weighted by Gasteiger charge is -2.51. The number of primary amides is 1. The fourth-order valence-electron chi connectivity index (χ4n) is 4.77. The Hall–Kier alpha value is -2.23. The summed E-state index contributed by atoms with van der Waals surface area (Å²) in [6.45, 7) is 1.67. The van der Waals surface area contributed by atoms with Gasteiger partial charge in [0.2, 0.25) is 11.8 Å². The summed E-state index contributed by atoms with van der Waals surface area (Å²) < 4.78 is 42.8. The van der Waals surface area contributed by atoms with E-state index in [9.17, 15) is 18.0 Å². The Morgan fingerprint density at radius 3 is 2.44 bits per heavy atom. The second-order valence-electron chi connectivity index (χ2n) is 9.06. The molecule has 3 aliphatic rings. The number of amides is 2.